The number of carbonyl (C=O) groups excluding carboxylic acids is 2. The Labute approximate surface area is 169 Å². The molecule has 0 saturated carbocycles. The third kappa shape index (κ3) is 3.81. The van der Waals surface area contributed by atoms with Gasteiger partial charge in [0.1, 0.15) is 5.52 Å². The number of hydrogen-bond acceptors (Lipinski definition) is 7. The van der Waals surface area contributed by atoms with Crippen molar-refractivity contribution >= 4 is 28.5 Å². The summed E-state index contributed by atoms with van der Waals surface area (Å²) in [4.78, 5) is 37.1. The number of furan rings is 1. The Morgan fingerprint density at radius 1 is 1.13 bits per heavy atom. The first-order valence-corrected chi connectivity index (χ1v) is 8.98. The number of aryl methyl sites for hydroxylation is 1. The molecule has 9 heteroatoms. The predicted octanol–water partition coefficient (Wildman–Crippen LogP) is 2.76. The molecule has 0 spiro atoms. The second-order valence-electron chi connectivity index (χ2n) is 6.43. The third-order valence-electron chi connectivity index (χ3n) is 4.41. The molecule has 2 heterocycles. The molecular weight excluding hydrogens is 388 g/mol. The van der Waals surface area contributed by atoms with Gasteiger partial charge >= 0.3 is 5.97 Å². The number of fused-ring (bicyclic) bond motifs is 1. The topological polar surface area (TPSA) is 116 Å². The minimum atomic E-state index is -0.676. The van der Waals surface area contributed by atoms with Crippen LogP contribution >= 0.6 is 0 Å². The summed E-state index contributed by atoms with van der Waals surface area (Å²) >= 11 is 0. The minimum Gasteiger partial charge on any atom is -0.459 e. The number of nitrogens with zero attached hydrogens (tertiary/aromatic N) is 3. The molecule has 1 amide bonds. The number of carbonyl (C=O) groups is 2. The Hall–Kier alpha value is -4.27. The van der Waals surface area contributed by atoms with Crippen molar-refractivity contribution in [2.75, 3.05) is 5.32 Å². The molecule has 0 atom stereocenters. The zero-order chi connectivity index (χ0) is 21.1. The van der Waals surface area contributed by atoms with Crippen molar-refractivity contribution < 1.29 is 18.7 Å². The monoisotopic (exact) mass is 404 g/mol. The Bertz CT molecular complexity index is 1290. The van der Waals surface area contributed by atoms with Gasteiger partial charge < -0.3 is 14.5 Å². The summed E-state index contributed by atoms with van der Waals surface area (Å²) in [6, 6.07) is 14.6. The van der Waals surface area contributed by atoms with E-state index in [1.165, 1.54) is 18.4 Å². The van der Waals surface area contributed by atoms with Crippen LogP contribution in [-0.4, -0.2) is 26.9 Å². The maximum Gasteiger partial charge on any atom is 0.339 e. The summed E-state index contributed by atoms with van der Waals surface area (Å²) in [7, 11) is 0. The van der Waals surface area contributed by atoms with Crippen LogP contribution in [0.2, 0.25) is 0 Å². The molecule has 0 bridgehead atoms. The molecule has 0 aliphatic rings. The summed E-state index contributed by atoms with van der Waals surface area (Å²) in [6.07, 6.45) is 1.40. The zero-order valence-corrected chi connectivity index (χ0v) is 15.9. The lowest BCUT2D eigenvalue weighted by atomic mass is 10.1. The largest absolute Gasteiger partial charge is 0.459 e. The molecule has 2 aromatic heterocycles. The molecule has 0 saturated heterocycles. The van der Waals surface area contributed by atoms with Gasteiger partial charge in [0, 0.05) is 5.69 Å². The fraction of sp³-hybridized carbons (Fsp3) is 0.0952. The quantitative estimate of drug-likeness (QED) is 0.508. The second-order valence-corrected chi connectivity index (χ2v) is 6.43. The maximum atomic E-state index is 12.5. The number of esters is 1. The molecule has 1 N–H and O–H groups in total. The van der Waals surface area contributed by atoms with E-state index >= 15 is 0 Å². The first-order valence-electron chi connectivity index (χ1n) is 8.98. The van der Waals surface area contributed by atoms with Gasteiger partial charge in [0.05, 0.1) is 17.2 Å². The van der Waals surface area contributed by atoms with Crippen molar-refractivity contribution in [2.24, 2.45) is 0 Å². The van der Waals surface area contributed by atoms with Crippen molar-refractivity contribution in [3.63, 3.8) is 0 Å². The molecule has 0 unspecified atom stereocenters. The standard InChI is InChI=1S/C21H16N4O5/c1-13-8-9-14(11-17(13)22-19(26)18-7-4-10-29-18)21(28)30-12-25-20(27)15-5-2-3-6-16(15)23-24-25/h2-11H,12H2,1H3,(H,22,26). The summed E-state index contributed by atoms with van der Waals surface area (Å²) in [5.41, 5.74) is 1.44. The molecule has 4 rings (SSSR count). The molecular formula is C21H16N4O5. The van der Waals surface area contributed by atoms with Crippen molar-refractivity contribution in [3.05, 3.63) is 88.1 Å². The van der Waals surface area contributed by atoms with E-state index in [0.717, 1.165) is 10.2 Å². The first-order chi connectivity index (χ1) is 14.5. The second kappa shape index (κ2) is 8.00. The number of nitrogens with one attached hydrogen (secondary N) is 1. The summed E-state index contributed by atoms with van der Waals surface area (Å²) in [6.45, 7) is 1.40. The highest BCUT2D eigenvalue weighted by molar-refractivity contribution is 6.03. The molecule has 0 radical (unpaired) electrons. The average Bonchev–Trinajstić information content (AvgIpc) is 3.30. The van der Waals surface area contributed by atoms with Crippen molar-refractivity contribution in [3.8, 4) is 0 Å². The molecule has 2 aromatic carbocycles. The van der Waals surface area contributed by atoms with Crippen LogP contribution in [0.3, 0.4) is 0 Å². The maximum absolute atomic E-state index is 12.5. The van der Waals surface area contributed by atoms with E-state index in [1.807, 2.05) is 0 Å². The number of ether oxygens (including phenoxy) is 1. The fourth-order valence-electron chi connectivity index (χ4n) is 2.79. The zero-order valence-electron chi connectivity index (χ0n) is 15.9. The highest BCUT2D eigenvalue weighted by Gasteiger charge is 2.14. The summed E-state index contributed by atoms with van der Waals surface area (Å²) < 4.78 is 11.2. The first kappa shape index (κ1) is 19.1. The Morgan fingerprint density at radius 2 is 1.97 bits per heavy atom. The number of hydrogen-bond donors (Lipinski definition) is 1. The van der Waals surface area contributed by atoms with Gasteiger partial charge in [-0.25, -0.2) is 4.79 Å². The highest BCUT2D eigenvalue weighted by Crippen LogP contribution is 2.19. The lowest BCUT2D eigenvalue weighted by molar-refractivity contribution is 0.0336. The number of rotatable bonds is 5. The van der Waals surface area contributed by atoms with Gasteiger partial charge in [0.15, 0.2) is 12.5 Å². The SMILES string of the molecule is Cc1ccc(C(=O)OCn2nnc3ccccc3c2=O)cc1NC(=O)c1ccco1. The molecule has 0 aliphatic carbocycles. The van der Waals surface area contributed by atoms with Crippen molar-refractivity contribution in [1.29, 1.82) is 0 Å². The van der Waals surface area contributed by atoms with E-state index in [9.17, 15) is 14.4 Å². The van der Waals surface area contributed by atoms with Crippen LogP contribution in [0.5, 0.6) is 0 Å². The van der Waals surface area contributed by atoms with E-state index < -0.39 is 24.2 Å². The average molecular weight is 404 g/mol. The highest BCUT2D eigenvalue weighted by atomic mass is 16.5. The van der Waals surface area contributed by atoms with Crippen LogP contribution < -0.4 is 10.9 Å². The summed E-state index contributed by atoms with van der Waals surface area (Å²) in [5.74, 6) is -0.964. The predicted molar refractivity (Wildman–Crippen MR) is 107 cm³/mol. The number of anilines is 1. The van der Waals surface area contributed by atoms with Crippen LogP contribution in [-0.2, 0) is 11.5 Å². The third-order valence-corrected chi connectivity index (χ3v) is 4.41. The van der Waals surface area contributed by atoms with Gasteiger partial charge in [-0.3, -0.25) is 9.59 Å². The van der Waals surface area contributed by atoms with Gasteiger partial charge in [-0.15, -0.1) is 5.10 Å². The Kier molecular flexibility index (Phi) is 5.08. The van der Waals surface area contributed by atoms with Crippen molar-refractivity contribution in [2.45, 2.75) is 13.7 Å². The van der Waals surface area contributed by atoms with Gasteiger partial charge in [-0.05, 0) is 48.9 Å². The van der Waals surface area contributed by atoms with E-state index in [0.29, 0.717) is 16.6 Å². The smallest absolute Gasteiger partial charge is 0.339 e. The molecule has 30 heavy (non-hydrogen) atoms. The molecule has 150 valence electrons. The van der Waals surface area contributed by atoms with E-state index in [4.69, 9.17) is 9.15 Å². The molecule has 0 aliphatic heterocycles. The molecule has 0 fully saturated rings. The fourth-order valence-corrected chi connectivity index (χ4v) is 2.79. The van der Waals surface area contributed by atoms with Gasteiger partial charge in [0.25, 0.3) is 11.5 Å². The lowest BCUT2D eigenvalue weighted by Gasteiger charge is -2.10. The van der Waals surface area contributed by atoms with Crippen LogP contribution in [0.4, 0.5) is 5.69 Å². The normalized spacial score (nSPS) is 10.7. The number of benzene rings is 2. The number of amides is 1. The Balaban J connectivity index is 1.49. The molecule has 4 aromatic rings. The lowest BCUT2D eigenvalue weighted by Crippen LogP contribution is -2.26. The van der Waals surface area contributed by atoms with Crippen LogP contribution in [0.1, 0.15) is 26.5 Å². The Morgan fingerprint density at radius 3 is 2.77 bits per heavy atom. The van der Waals surface area contributed by atoms with E-state index in [2.05, 4.69) is 15.6 Å². The molecule has 9 nitrogen and oxygen atoms in total. The van der Waals surface area contributed by atoms with Crippen LogP contribution in [0.25, 0.3) is 10.9 Å². The minimum absolute atomic E-state index is 0.150. The van der Waals surface area contributed by atoms with Gasteiger partial charge in [0.2, 0.25) is 0 Å². The van der Waals surface area contributed by atoms with Crippen molar-refractivity contribution in [1.82, 2.24) is 15.0 Å². The van der Waals surface area contributed by atoms with E-state index in [1.54, 1.807) is 49.4 Å². The van der Waals surface area contributed by atoms with Gasteiger partial charge in [-0.1, -0.05) is 23.4 Å². The van der Waals surface area contributed by atoms with E-state index in [-0.39, 0.29) is 11.3 Å². The van der Waals surface area contributed by atoms with Crippen LogP contribution in [0.15, 0.2) is 70.1 Å². The van der Waals surface area contributed by atoms with Gasteiger partial charge in [-0.2, -0.15) is 4.68 Å². The van der Waals surface area contributed by atoms with Crippen LogP contribution in [0, 0.1) is 6.92 Å². The summed E-state index contributed by atoms with van der Waals surface area (Å²) in [5, 5.41) is 10.8. The number of aromatic nitrogens is 3.